The summed E-state index contributed by atoms with van der Waals surface area (Å²) in [5.41, 5.74) is 0.397. The molecule has 0 bridgehead atoms. The van der Waals surface area contributed by atoms with Crippen molar-refractivity contribution >= 4 is 33.2 Å². The van der Waals surface area contributed by atoms with E-state index in [0.29, 0.717) is 43.4 Å². The van der Waals surface area contributed by atoms with Gasteiger partial charge in [0.25, 0.3) is 0 Å². The molecule has 0 aliphatic carbocycles. The van der Waals surface area contributed by atoms with Crippen LogP contribution in [0.3, 0.4) is 0 Å². The highest BCUT2D eigenvalue weighted by molar-refractivity contribution is 7.92. The fourth-order valence-corrected chi connectivity index (χ4v) is 4.03. The molecule has 1 atom stereocenters. The van der Waals surface area contributed by atoms with E-state index in [2.05, 4.69) is 0 Å². The number of nitrogens with zero attached hydrogens (tertiary/aromatic N) is 2. The van der Waals surface area contributed by atoms with Gasteiger partial charge < -0.3 is 9.64 Å². The Bertz CT molecular complexity index is 659. The summed E-state index contributed by atoms with van der Waals surface area (Å²) in [7, 11) is -3.63. The van der Waals surface area contributed by atoms with Gasteiger partial charge in [-0.1, -0.05) is 24.6 Å². The molecule has 23 heavy (non-hydrogen) atoms. The van der Waals surface area contributed by atoms with E-state index in [4.69, 9.17) is 16.3 Å². The van der Waals surface area contributed by atoms with E-state index in [1.807, 2.05) is 0 Å². The first kappa shape index (κ1) is 18.0. The van der Waals surface area contributed by atoms with Crippen molar-refractivity contribution < 1.29 is 17.9 Å². The Labute approximate surface area is 142 Å². The van der Waals surface area contributed by atoms with Crippen LogP contribution in [0.4, 0.5) is 5.69 Å². The molecule has 1 aliphatic rings. The van der Waals surface area contributed by atoms with Crippen molar-refractivity contribution in [2.75, 3.05) is 36.9 Å². The van der Waals surface area contributed by atoms with E-state index in [1.165, 1.54) is 0 Å². The third-order valence-corrected chi connectivity index (χ3v) is 5.11. The molecule has 0 spiro atoms. The molecule has 0 N–H and O–H groups in total. The van der Waals surface area contributed by atoms with Crippen molar-refractivity contribution in [2.45, 2.75) is 19.4 Å². The van der Waals surface area contributed by atoms with Crippen molar-refractivity contribution in [1.82, 2.24) is 4.90 Å². The summed E-state index contributed by atoms with van der Waals surface area (Å²) in [4.78, 5) is 14.5. The lowest BCUT2D eigenvalue weighted by Gasteiger charge is -2.35. The van der Waals surface area contributed by atoms with Crippen LogP contribution in [0.15, 0.2) is 24.3 Å². The maximum absolute atomic E-state index is 12.8. The van der Waals surface area contributed by atoms with Gasteiger partial charge in [-0.3, -0.25) is 9.10 Å². The minimum absolute atomic E-state index is 0.207. The third kappa shape index (κ3) is 4.37. The van der Waals surface area contributed by atoms with Crippen LogP contribution in [0.2, 0.25) is 5.02 Å². The predicted octanol–water partition coefficient (Wildman–Crippen LogP) is 1.74. The minimum atomic E-state index is -3.63. The van der Waals surface area contributed by atoms with Crippen molar-refractivity contribution in [3.05, 3.63) is 29.3 Å². The van der Waals surface area contributed by atoms with Gasteiger partial charge in [-0.05, 0) is 24.6 Å². The summed E-state index contributed by atoms with van der Waals surface area (Å²) in [5.74, 6) is -0.207. The van der Waals surface area contributed by atoms with E-state index in [1.54, 1.807) is 36.1 Å². The van der Waals surface area contributed by atoms with Crippen LogP contribution in [0.25, 0.3) is 0 Å². The molecule has 0 saturated carbocycles. The maximum Gasteiger partial charge on any atom is 0.246 e. The molecule has 0 unspecified atom stereocenters. The molecule has 8 heteroatoms. The molecule has 1 aromatic rings. The standard InChI is InChI=1S/C15H21ClN2O4S/c1-3-14(15(19)17-7-9-22-10-8-17)18(23(2,20)21)13-6-4-5-12(16)11-13/h4-6,11,14H,3,7-10H2,1-2H3/t14-/m0/s1. The number of morpholine rings is 1. The second-order valence-electron chi connectivity index (χ2n) is 5.40. The number of sulfonamides is 1. The molecular formula is C15H21ClN2O4S. The molecule has 1 amide bonds. The Hall–Kier alpha value is -1.31. The van der Waals surface area contributed by atoms with E-state index < -0.39 is 16.1 Å². The van der Waals surface area contributed by atoms with Gasteiger partial charge in [0.2, 0.25) is 15.9 Å². The van der Waals surface area contributed by atoms with Gasteiger partial charge in [0, 0.05) is 18.1 Å². The van der Waals surface area contributed by atoms with Gasteiger partial charge in [0.05, 0.1) is 25.2 Å². The fourth-order valence-electron chi connectivity index (χ4n) is 2.65. The monoisotopic (exact) mass is 360 g/mol. The summed E-state index contributed by atoms with van der Waals surface area (Å²) in [6.45, 7) is 3.69. The molecule has 1 fully saturated rings. The van der Waals surface area contributed by atoms with Gasteiger partial charge in [0.1, 0.15) is 6.04 Å². The zero-order chi connectivity index (χ0) is 17.0. The molecule has 2 rings (SSSR count). The number of benzene rings is 1. The number of halogens is 1. The van der Waals surface area contributed by atoms with Crippen molar-refractivity contribution in [1.29, 1.82) is 0 Å². The molecule has 0 radical (unpaired) electrons. The number of anilines is 1. The number of hydrogen-bond donors (Lipinski definition) is 0. The molecule has 1 heterocycles. The van der Waals surface area contributed by atoms with Crippen LogP contribution < -0.4 is 4.31 Å². The maximum atomic E-state index is 12.8. The van der Waals surface area contributed by atoms with Crippen molar-refractivity contribution in [3.63, 3.8) is 0 Å². The highest BCUT2D eigenvalue weighted by Gasteiger charge is 2.34. The number of ether oxygens (including phenoxy) is 1. The van der Waals surface area contributed by atoms with Crippen LogP contribution >= 0.6 is 11.6 Å². The topological polar surface area (TPSA) is 66.9 Å². The van der Waals surface area contributed by atoms with E-state index in [0.717, 1.165) is 10.6 Å². The van der Waals surface area contributed by atoms with Crippen LogP contribution in [0.5, 0.6) is 0 Å². The van der Waals surface area contributed by atoms with E-state index >= 15 is 0 Å². The van der Waals surface area contributed by atoms with Crippen molar-refractivity contribution in [3.8, 4) is 0 Å². The molecule has 6 nitrogen and oxygen atoms in total. The molecule has 0 aromatic heterocycles. The summed E-state index contributed by atoms with van der Waals surface area (Å²) < 4.78 is 31.0. The third-order valence-electron chi connectivity index (χ3n) is 3.70. The smallest absolute Gasteiger partial charge is 0.246 e. The average molecular weight is 361 g/mol. The van der Waals surface area contributed by atoms with Crippen molar-refractivity contribution in [2.24, 2.45) is 0 Å². The lowest BCUT2D eigenvalue weighted by molar-refractivity contribution is -0.136. The average Bonchev–Trinajstić information content (AvgIpc) is 2.51. The van der Waals surface area contributed by atoms with Gasteiger partial charge in [-0.2, -0.15) is 0 Å². The molecular weight excluding hydrogens is 340 g/mol. The van der Waals surface area contributed by atoms with Gasteiger partial charge in [-0.25, -0.2) is 8.42 Å². The second kappa shape index (κ2) is 7.51. The van der Waals surface area contributed by atoms with Crippen LogP contribution in [0, 0.1) is 0 Å². The number of rotatable bonds is 5. The Balaban J connectivity index is 2.38. The van der Waals surface area contributed by atoms with Crippen LogP contribution in [-0.2, 0) is 19.6 Å². The summed E-state index contributed by atoms with van der Waals surface area (Å²) in [6.07, 6.45) is 1.47. The number of hydrogen-bond acceptors (Lipinski definition) is 4. The quantitative estimate of drug-likeness (QED) is 0.802. The number of amides is 1. The largest absolute Gasteiger partial charge is 0.378 e. The normalized spacial score (nSPS) is 16.9. The van der Waals surface area contributed by atoms with E-state index in [9.17, 15) is 13.2 Å². The van der Waals surface area contributed by atoms with Gasteiger partial charge >= 0.3 is 0 Å². The highest BCUT2D eigenvalue weighted by Crippen LogP contribution is 2.26. The Morgan fingerprint density at radius 1 is 1.39 bits per heavy atom. The Kier molecular flexibility index (Phi) is 5.89. The minimum Gasteiger partial charge on any atom is -0.378 e. The van der Waals surface area contributed by atoms with Crippen LogP contribution in [-0.4, -0.2) is 57.8 Å². The summed E-state index contributed by atoms with van der Waals surface area (Å²) in [5, 5.41) is 0.421. The Morgan fingerprint density at radius 2 is 2.04 bits per heavy atom. The SMILES string of the molecule is CC[C@@H](C(=O)N1CCOCC1)N(c1cccc(Cl)c1)S(C)(=O)=O. The lowest BCUT2D eigenvalue weighted by atomic mass is 10.1. The molecule has 1 saturated heterocycles. The van der Waals surface area contributed by atoms with Gasteiger partial charge in [0.15, 0.2) is 0 Å². The lowest BCUT2D eigenvalue weighted by Crippen LogP contribution is -2.53. The molecule has 1 aromatic carbocycles. The first-order valence-corrected chi connectivity index (χ1v) is 9.68. The Morgan fingerprint density at radius 3 is 2.57 bits per heavy atom. The van der Waals surface area contributed by atoms with Crippen LogP contribution in [0.1, 0.15) is 13.3 Å². The van der Waals surface area contributed by atoms with E-state index in [-0.39, 0.29) is 5.91 Å². The summed E-state index contributed by atoms with van der Waals surface area (Å²) >= 11 is 5.98. The first-order chi connectivity index (χ1) is 10.8. The highest BCUT2D eigenvalue weighted by atomic mass is 35.5. The zero-order valence-corrected chi connectivity index (χ0v) is 14.8. The fraction of sp³-hybridized carbons (Fsp3) is 0.533. The zero-order valence-electron chi connectivity index (χ0n) is 13.2. The van der Waals surface area contributed by atoms with Gasteiger partial charge in [-0.15, -0.1) is 0 Å². The number of carbonyl (C=O) groups is 1. The first-order valence-electron chi connectivity index (χ1n) is 7.46. The molecule has 1 aliphatic heterocycles. The number of carbonyl (C=O) groups excluding carboxylic acids is 1. The summed E-state index contributed by atoms with van der Waals surface area (Å²) in [6, 6.07) is 5.74. The molecule has 128 valence electrons. The predicted molar refractivity (Wildman–Crippen MR) is 90.3 cm³/mol. The second-order valence-corrected chi connectivity index (χ2v) is 7.70.